The van der Waals surface area contributed by atoms with E-state index in [0.29, 0.717) is 12.2 Å². The van der Waals surface area contributed by atoms with Gasteiger partial charge in [-0.15, -0.1) is 0 Å². The minimum Gasteiger partial charge on any atom is -0.463 e. The molecule has 0 saturated carbocycles. The summed E-state index contributed by atoms with van der Waals surface area (Å²) in [5.74, 6) is -0.359. The van der Waals surface area contributed by atoms with Gasteiger partial charge in [0.1, 0.15) is 6.10 Å². The maximum absolute atomic E-state index is 11.4. The number of aliphatic hydroxyl groups excluding tert-OH is 1. The summed E-state index contributed by atoms with van der Waals surface area (Å²) in [5.41, 5.74) is 0.863. The van der Waals surface area contributed by atoms with Crippen LogP contribution < -0.4 is 0 Å². The zero-order valence-corrected chi connectivity index (χ0v) is 11.4. The first kappa shape index (κ1) is 14.6. The SMILES string of the molecule is C=C(C(C)C)[C@@H](O)/C(=C/I)C(=O)OCC. The van der Waals surface area contributed by atoms with Crippen LogP contribution in [0.25, 0.3) is 0 Å². The molecule has 4 heteroatoms. The summed E-state index contributed by atoms with van der Waals surface area (Å²) in [7, 11) is 0. The van der Waals surface area contributed by atoms with Crippen LogP contribution in [0.3, 0.4) is 0 Å². The smallest absolute Gasteiger partial charge is 0.337 e. The molecular formula is C11H17IO3. The van der Waals surface area contributed by atoms with Crippen LogP contribution in [0, 0.1) is 5.92 Å². The van der Waals surface area contributed by atoms with E-state index in [0.717, 1.165) is 0 Å². The van der Waals surface area contributed by atoms with Crippen LogP contribution in [-0.4, -0.2) is 23.8 Å². The van der Waals surface area contributed by atoms with Crippen molar-refractivity contribution in [1.82, 2.24) is 0 Å². The van der Waals surface area contributed by atoms with E-state index in [1.807, 2.05) is 36.4 Å². The van der Waals surface area contributed by atoms with E-state index in [1.54, 1.807) is 6.92 Å². The van der Waals surface area contributed by atoms with Crippen molar-refractivity contribution in [2.45, 2.75) is 26.9 Å². The fraction of sp³-hybridized carbons (Fsp3) is 0.545. The number of hydrogen-bond acceptors (Lipinski definition) is 3. The highest BCUT2D eigenvalue weighted by Crippen LogP contribution is 2.20. The van der Waals surface area contributed by atoms with Crippen molar-refractivity contribution < 1.29 is 14.6 Å². The molecule has 0 aromatic rings. The van der Waals surface area contributed by atoms with Gasteiger partial charge in [-0.05, 0) is 22.5 Å². The van der Waals surface area contributed by atoms with E-state index in [4.69, 9.17) is 4.74 Å². The molecule has 1 N–H and O–H groups in total. The Bertz CT molecular complexity index is 269. The summed E-state index contributed by atoms with van der Waals surface area (Å²) < 4.78 is 6.37. The number of carbonyl (C=O) groups excluding carboxylic acids is 1. The minimum absolute atomic E-state index is 0.126. The van der Waals surface area contributed by atoms with Gasteiger partial charge in [0.05, 0.1) is 12.2 Å². The minimum atomic E-state index is -0.944. The van der Waals surface area contributed by atoms with E-state index in [-0.39, 0.29) is 11.5 Å². The Morgan fingerprint density at radius 3 is 2.47 bits per heavy atom. The van der Waals surface area contributed by atoms with Gasteiger partial charge in [0, 0.05) is 0 Å². The molecule has 0 aliphatic rings. The second-order valence-electron chi connectivity index (χ2n) is 3.42. The van der Waals surface area contributed by atoms with Gasteiger partial charge in [0.2, 0.25) is 0 Å². The molecule has 0 unspecified atom stereocenters. The molecule has 0 spiro atoms. The van der Waals surface area contributed by atoms with E-state index in [1.165, 1.54) is 4.08 Å². The number of hydrogen-bond donors (Lipinski definition) is 1. The third-order valence-electron chi connectivity index (χ3n) is 2.02. The van der Waals surface area contributed by atoms with Crippen molar-refractivity contribution in [2.75, 3.05) is 6.61 Å². The van der Waals surface area contributed by atoms with E-state index < -0.39 is 12.1 Å². The zero-order valence-electron chi connectivity index (χ0n) is 9.29. The molecule has 3 nitrogen and oxygen atoms in total. The second-order valence-corrected chi connectivity index (χ2v) is 4.04. The number of halogens is 1. The lowest BCUT2D eigenvalue weighted by Crippen LogP contribution is -2.23. The number of carbonyl (C=O) groups is 1. The molecule has 0 fully saturated rings. The predicted molar refractivity (Wildman–Crippen MR) is 68.7 cm³/mol. The lowest BCUT2D eigenvalue weighted by atomic mass is 9.95. The second kappa shape index (κ2) is 7.00. The number of rotatable bonds is 5. The molecule has 0 rings (SSSR count). The molecule has 0 aliphatic heterocycles. The normalized spacial score (nSPS) is 13.9. The maximum Gasteiger partial charge on any atom is 0.337 e. The molecule has 0 bridgehead atoms. The van der Waals surface area contributed by atoms with Gasteiger partial charge in [-0.3, -0.25) is 0 Å². The highest BCUT2D eigenvalue weighted by Gasteiger charge is 2.23. The molecule has 15 heavy (non-hydrogen) atoms. The largest absolute Gasteiger partial charge is 0.463 e. The van der Waals surface area contributed by atoms with Gasteiger partial charge in [0.25, 0.3) is 0 Å². The molecule has 0 saturated heterocycles. The van der Waals surface area contributed by atoms with Crippen molar-refractivity contribution >= 4 is 28.6 Å². The van der Waals surface area contributed by atoms with Crippen molar-refractivity contribution in [1.29, 1.82) is 0 Å². The summed E-state index contributed by atoms with van der Waals surface area (Å²) in [6.07, 6.45) is -0.944. The molecule has 0 aliphatic carbocycles. The third-order valence-corrected chi connectivity index (χ3v) is 2.69. The Hall–Kier alpha value is -0.360. The van der Waals surface area contributed by atoms with E-state index >= 15 is 0 Å². The van der Waals surface area contributed by atoms with Gasteiger partial charge < -0.3 is 9.84 Å². The van der Waals surface area contributed by atoms with Crippen LogP contribution in [0.15, 0.2) is 21.8 Å². The molecule has 0 heterocycles. The fourth-order valence-electron chi connectivity index (χ4n) is 0.946. The van der Waals surface area contributed by atoms with Crippen LogP contribution >= 0.6 is 22.6 Å². The molecule has 0 aromatic heterocycles. The van der Waals surface area contributed by atoms with Crippen LogP contribution in [0.5, 0.6) is 0 Å². The predicted octanol–water partition coefficient (Wildman–Crippen LogP) is 2.44. The van der Waals surface area contributed by atoms with Crippen LogP contribution in [0.1, 0.15) is 20.8 Å². The fourth-order valence-corrected chi connectivity index (χ4v) is 1.54. The average Bonchev–Trinajstić information content (AvgIpc) is 2.17. The van der Waals surface area contributed by atoms with E-state index in [2.05, 4.69) is 6.58 Å². The zero-order chi connectivity index (χ0) is 12.0. The third kappa shape index (κ3) is 4.34. The summed E-state index contributed by atoms with van der Waals surface area (Å²) in [6, 6.07) is 0. The highest BCUT2D eigenvalue weighted by molar-refractivity contribution is 14.1. The summed E-state index contributed by atoms with van der Waals surface area (Å²) in [6.45, 7) is 9.63. The first-order valence-electron chi connectivity index (χ1n) is 4.79. The molecular weight excluding hydrogens is 307 g/mol. The van der Waals surface area contributed by atoms with Gasteiger partial charge >= 0.3 is 5.97 Å². The number of aliphatic hydroxyl groups is 1. The van der Waals surface area contributed by atoms with Gasteiger partial charge in [0.15, 0.2) is 0 Å². The van der Waals surface area contributed by atoms with Crippen molar-refractivity contribution in [2.24, 2.45) is 5.92 Å². The Kier molecular flexibility index (Phi) is 6.84. The van der Waals surface area contributed by atoms with E-state index in [9.17, 15) is 9.90 Å². The molecule has 0 amide bonds. The van der Waals surface area contributed by atoms with Crippen LogP contribution in [0.4, 0.5) is 0 Å². The van der Waals surface area contributed by atoms with Crippen LogP contribution in [0.2, 0.25) is 0 Å². The quantitative estimate of drug-likeness (QED) is 0.366. The Morgan fingerprint density at radius 1 is 1.60 bits per heavy atom. The highest BCUT2D eigenvalue weighted by atomic mass is 127. The van der Waals surface area contributed by atoms with Gasteiger partial charge in [-0.1, -0.05) is 43.0 Å². The topological polar surface area (TPSA) is 46.5 Å². The number of ether oxygens (including phenoxy) is 1. The molecule has 86 valence electrons. The monoisotopic (exact) mass is 324 g/mol. The lowest BCUT2D eigenvalue weighted by molar-refractivity contribution is -0.139. The summed E-state index contributed by atoms with van der Waals surface area (Å²) in [4.78, 5) is 11.4. The van der Waals surface area contributed by atoms with Gasteiger partial charge in [-0.25, -0.2) is 4.79 Å². The Morgan fingerprint density at radius 2 is 2.13 bits per heavy atom. The molecule has 1 atom stereocenters. The average molecular weight is 324 g/mol. The van der Waals surface area contributed by atoms with Crippen molar-refractivity contribution in [3.8, 4) is 0 Å². The van der Waals surface area contributed by atoms with Crippen molar-refractivity contribution in [3.63, 3.8) is 0 Å². The Labute approximate surface area is 104 Å². The Balaban J connectivity index is 4.70. The summed E-state index contributed by atoms with van der Waals surface area (Å²) in [5, 5.41) is 9.87. The molecule has 0 radical (unpaired) electrons. The maximum atomic E-state index is 11.4. The molecule has 0 aromatic carbocycles. The first-order valence-corrected chi connectivity index (χ1v) is 6.04. The lowest BCUT2D eigenvalue weighted by Gasteiger charge is -2.18. The summed E-state index contributed by atoms with van der Waals surface area (Å²) >= 11 is 1.91. The van der Waals surface area contributed by atoms with Crippen molar-refractivity contribution in [3.05, 3.63) is 21.8 Å². The standard InChI is InChI=1S/C11H17IO3/c1-5-15-11(14)9(6-12)10(13)8(4)7(2)3/h6-7,10,13H,4-5H2,1-3H3/b9-6-/t10-/m1/s1. The number of esters is 1. The van der Waals surface area contributed by atoms with Crippen LogP contribution in [-0.2, 0) is 9.53 Å². The van der Waals surface area contributed by atoms with Gasteiger partial charge in [-0.2, -0.15) is 0 Å². The first-order chi connectivity index (χ1) is 6.95.